The van der Waals surface area contributed by atoms with Crippen LogP contribution in [0.25, 0.3) is 0 Å². The van der Waals surface area contributed by atoms with Gasteiger partial charge in [0, 0.05) is 6.92 Å². The van der Waals surface area contributed by atoms with E-state index in [4.69, 9.17) is 4.74 Å². The molecular weight excluding hydrogens is 190 g/mol. The van der Waals surface area contributed by atoms with Crippen LogP contribution in [0.2, 0.25) is 0 Å². The first kappa shape index (κ1) is 11.4. The molecule has 6 heteroatoms. The van der Waals surface area contributed by atoms with Crippen LogP contribution in [0.3, 0.4) is 0 Å². The van der Waals surface area contributed by atoms with Gasteiger partial charge in [-0.1, -0.05) is 0 Å². The van der Waals surface area contributed by atoms with Crippen LogP contribution in [0, 0.1) is 0 Å². The Bertz CT molecular complexity index is 222. The molecule has 5 atom stereocenters. The zero-order valence-corrected chi connectivity index (χ0v) is 8.04. The average Bonchev–Trinajstić information content (AvgIpc) is 2.10. The van der Waals surface area contributed by atoms with E-state index < -0.39 is 30.6 Å². The number of amides is 1. The Morgan fingerprint density at radius 3 is 2.29 bits per heavy atom. The third-order valence-corrected chi connectivity index (χ3v) is 2.20. The minimum absolute atomic E-state index is 0.371. The van der Waals surface area contributed by atoms with Crippen molar-refractivity contribution < 1.29 is 24.9 Å². The van der Waals surface area contributed by atoms with Gasteiger partial charge >= 0.3 is 0 Å². The smallest absolute Gasteiger partial charge is 0.218 e. The Balaban J connectivity index is 2.65. The summed E-state index contributed by atoms with van der Waals surface area (Å²) in [5.41, 5.74) is 0. The van der Waals surface area contributed by atoms with Gasteiger partial charge in [0.05, 0.1) is 6.10 Å². The van der Waals surface area contributed by atoms with Gasteiger partial charge in [0.25, 0.3) is 0 Å². The van der Waals surface area contributed by atoms with Crippen molar-refractivity contribution in [2.24, 2.45) is 0 Å². The Morgan fingerprint density at radius 2 is 1.79 bits per heavy atom. The van der Waals surface area contributed by atoms with E-state index in [1.165, 1.54) is 6.92 Å². The summed E-state index contributed by atoms with van der Waals surface area (Å²) in [5.74, 6) is -0.371. The van der Waals surface area contributed by atoms with Crippen LogP contribution in [0.5, 0.6) is 0 Å². The fourth-order valence-corrected chi connectivity index (χ4v) is 1.37. The van der Waals surface area contributed by atoms with Crippen LogP contribution in [-0.4, -0.2) is 51.9 Å². The molecule has 4 N–H and O–H groups in total. The van der Waals surface area contributed by atoms with E-state index in [-0.39, 0.29) is 5.91 Å². The fourth-order valence-electron chi connectivity index (χ4n) is 1.37. The molecule has 1 aliphatic rings. The highest BCUT2D eigenvalue weighted by atomic mass is 16.5. The van der Waals surface area contributed by atoms with E-state index in [0.717, 1.165) is 0 Å². The molecule has 0 aromatic rings. The van der Waals surface area contributed by atoms with Gasteiger partial charge < -0.3 is 25.4 Å². The summed E-state index contributed by atoms with van der Waals surface area (Å²) in [6.45, 7) is 2.83. The largest absolute Gasteiger partial charge is 0.388 e. The Hall–Kier alpha value is -0.690. The highest BCUT2D eigenvalue weighted by molar-refractivity contribution is 5.73. The number of aliphatic hydroxyl groups is 3. The minimum Gasteiger partial charge on any atom is -0.388 e. The summed E-state index contributed by atoms with van der Waals surface area (Å²) in [6, 6.07) is 0. The van der Waals surface area contributed by atoms with Gasteiger partial charge in [0.2, 0.25) is 5.91 Å². The van der Waals surface area contributed by atoms with Crippen LogP contribution in [0.1, 0.15) is 13.8 Å². The van der Waals surface area contributed by atoms with Crippen molar-refractivity contribution in [3.63, 3.8) is 0 Å². The number of rotatable bonds is 1. The van der Waals surface area contributed by atoms with E-state index in [0.29, 0.717) is 0 Å². The first-order valence-electron chi connectivity index (χ1n) is 4.40. The van der Waals surface area contributed by atoms with Crippen molar-refractivity contribution in [1.82, 2.24) is 5.32 Å². The maximum Gasteiger partial charge on any atom is 0.218 e. The Morgan fingerprint density at radius 1 is 1.21 bits per heavy atom. The summed E-state index contributed by atoms with van der Waals surface area (Å²) in [4.78, 5) is 10.7. The van der Waals surface area contributed by atoms with E-state index in [1.807, 2.05) is 0 Å². The first-order chi connectivity index (χ1) is 6.43. The quantitative estimate of drug-likeness (QED) is 0.395. The van der Waals surface area contributed by atoms with Gasteiger partial charge in [-0.3, -0.25) is 4.79 Å². The molecule has 0 aromatic carbocycles. The van der Waals surface area contributed by atoms with Crippen molar-refractivity contribution in [2.45, 2.75) is 44.5 Å². The molecule has 1 unspecified atom stereocenters. The summed E-state index contributed by atoms with van der Waals surface area (Å²) in [5, 5.41) is 30.4. The topological polar surface area (TPSA) is 99.0 Å². The minimum atomic E-state index is -1.31. The maximum atomic E-state index is 10.7. The van der Waals surface area contributed by atoms with Crippen LogP contribution < -0.4 is 5.32 Å². The molecule has 14 heavy (non-hydrogen) atoms. The monoisotopic (exact) mass is 205 g/mol. The number of ether oxygens (including phenoxy) is 1. The van der Waals surface area contributed by atoms with Crippen LogP contribution >= 0.6 is 0 Å². The van der Waals surface area contributed by atoms with Crippen molar-refractivity contribution in [1.29, 1.82) is 0 Å². The molecule has 0 radical (unpaired) electrons. The van der Waals surface area contributed by atoms with Gasteiger partial charge in [-0.2, -0.15) is 0 Å². The number of hydrogen-bond donors (Lipinski definition) is 4. The van der Waals surface area contributed by atoms with E-state index in [1.54, 1.807) is 6.92 Å². The molecule has 1 saturated heterocycles. The highest BCUT2D eigenvalue weighted by Gasteiger charge is 2.41. The molecule has 0 bridgehead atoms. The Kier molecular flexibility index (Phi) is 3.43. The van der Waals surface area contributed by atoms with Crippen LogP contribution in [-0.2, 0) is 9.53 Å². The van der Waals surface area contributed by atoms with Gasteiger partial charge in [-0.25, -0.2) is 0 Å². The maximum absolute atomic E-state index is 10.7. The normalized spacial score (nSPS) is 43.4. The molecule has 1 heterocycles. The molecule has 0 saturated carbocycles. The van der Waals surface area contributed by atoms with Gasteiger partial charge in [0.15, 0.2) is 6.23 Å². The molecule has 0 aliphatic carbocycles. The predicted molar refractivity (Wildman–Crippen MR) is 46.2 cm³/mol. The van der Waals surface area contributed by atoms with Gasteiger partial charge in [-0.15, -0.1) is 0 Å². The average molecular weight is 205 g/mol. The zero-order valence-electron chi connectivity index (χ0n) is 8.04. The van der Waals surface area contributed by atoms with E-state index >= 15 is 0 Å². The second-order valence-corrected chi connectivity index (χ2v) is 3.43. The lowest BCUT2D eigenvalue weighted by molar-refractivity contribution is -0.224. The molecule has 1 aliphatic heterocycles. The summed E-state index contributed by atoms with van der Waals surface area (Å²) >= 11 is 0. The lowest BCUT2D eigenvalue weighted by Gasteiger charge is -2.39. The molecular formula is C8H15NO5. The lowest BCUT2D eigenvalue weighted by atomic mass is 9.99. The number of hydrogen-bond acceptors (Lipinski definition) is 5. The van der Waals surface area contributed by atoms with Crippen molar-refractivity contribution >= 4 is 5.91 Å². The molecule has 0 aromatic heterocycles. The first-order valence-corrected chi connectivity index (χ1v) is 4.40. The zero-order chi connectivity index (χ0) is 10.9. The van der Waals surface area contributed by atoms with E-state index in [9.17, 15) is 20.1 Å². The molecule has 1 rings (SSSR count). The molecule has 1 fully saturated rings. The summed E-state index contributed by atoms with van der Waals surface area (Å²) in [6.07, 6.45) is -5.37. The Labute approximate surface area is 81.5 Å². The fraction of sp³-hybridized carbons (Fsp3) is 0.875. The van der Waals surface area contributed by atoms with Crippen LogP contribution in [0.4, 0.5) is 0 Å². The van der Waals surface area contributed by atoms with Gasteiger partial charge in [-0.05, 0) is 6.92 Å². The van der Waals surface area contributed by atoms with Crippen molar-refractivity contribution in [3.05, 3.63) is 0 Å². The van der Waals surface area contributed by atoms with E-state index in [2.05, 4.69) is 5.32 Å². The van der Waals surface area contributed by atoms with Crippen molar-refractivity contribution in [3.8, 4) is 0 Å². The summed E-state index contributed by atoms with van der Waals surface area (Å²) < 4.78 is 5.10. The lowest BCUT2D eigenvalue weighted by Crippen LogP contribution is -2.61. The summed E-state index contributed by atoms with van der Waals surface area (Å²) in [7, 11) is 0. The van der Waals surface area contributed by atoms with Gasteiger partial charge in [0.1, 0.15) is 18.3 Å². The van der Waals surface area contributed by atoms with Crippen LogP contribution in [0.15, 0.2) is 0 Å². The number of nitrogens with one attached hydrogen (secondary N) is 1. The second kappa shape index (κ2) is 4.22. The predicted octanol–water partition coefficient (Wildman–Crippen LogP) is -2.05. The molecule has 0 spiro atoms. The molecule has 1 amide bonds. The number of carbonyl (C=O) groups excluding carboxylic acids is 1. The third-order valence-electron chi connectivity index (χ3n) is 2.20. The SMILES string of the molecule is CC(=O)NC1O[C@H](C)[C@@H](O)[C@H](O)[C@H]1O. The third kappa shape index (κ3) is 2.21. The number of aliphatic hydroxyl groups excluding tert-OH is 3. The standard InChI is InChI=1S/C8H15NO5/c1-3-5(11)6(12)7(13)8(14-3)9-4(2)10/h3,5-8,11-13H,1-2H3,(H,9,10)/t3-,5-,6+,7-,8?/m1/s1. The molecule has 6 nitrogen and oxygen atoms in total. The molecule has 82 valence electrons. The van der Waals surface area contributed by atoms with Crippen molar-refractivity contribution in [2.75, 3.05) is 0 Å². The highest BCUT2D eigenvalue weighted by Crippen LogP contribution is 2.19. The second-order valence-electron chi connectivity index (χ2n) is 3.43. The number of carbonyl (C=O) groups is 1.